The number of hydrogen-bond acceptors (Lipinski definition) is 10. The number of carbonyl (C=O) groups is 3. The van der Waals surface area contributed by atoms with E-state index in [0.29, 0.717) is 15.6 Å². The Kier molecular flexibility index (Phi) is 10.9. The van der Waals surface area contributed by atoms with Crippen LogP contribution in [0.25, 0.3) is 0 Å². The van der Waals surface area contributed by atoms with Gasteiger partial charge in [-0.3, -0.25) is 0 Å². The van der Waals surface area contributed by atoms with Crippen LogP contribution < -0.4 is 0 Å². The number of methoxy groups -OCH3 is 1. The van der Waals surface area contributed by atoms with E-state index in [1.807, 2.05) is 0 Å². The third-order valence-electron chi connectivity index (χ3n) is 6.36. The second-order valence-corrected chi connectivity index (χ2v) is 9.91. The smallest absolute Gasteiger partial charge is 0.358 e. The summed E-state index contributed by atoms with van der Waals surface area (Å²) in [6.07, 6.45) is -1.93. The van der Waals surface area contributed by atoms with Crippen LogP contribution in [0.5, 0.6) is 0 Å². The molecule has 13 heteroatoms. The third kappa shape index (κ3) is 7.47. The molecular weight excluding hydrogens is 591 g/mol. The number of halogens is 2. The maximum absolute atomic E-state index is 13.0. The number of carbonyl (C=O) groups excluding carboxylic acids is 3. The minimum atomic E-state index is -0.961. The van der Waals surface area contributed by atoms with Crippen LogP contribution in [0, 0.1) is 0 Å². The number of imidazole rings is 1. The largest absolute Gasteiger partial charge is 0.464 e. The summed E-state index contributed by atoms with van der Waals surface area (Å²) in [7, 11) is 1.24. The Bertz CT molecular complexity index is 1370. The van der Waals surface area contributed by atoms with Gasteiger partial charge in [-0.05, 0) is 62.4 Å². The van der Waals surface area contributed by atoms with Crippen molar-refractivity contribution in [1.82, 2.24) is 9.55 Å². The van der Waals surface area contributed by atoms with Crippen LogP contribution in [0.1, 0.15) is 69.7 Å². The zero-order chi connectivity index (χ0) is 30.2. The van der Waals surface area contributed by atoms with E-state index in [9.17, 15) is 14.4 Å². The third-order valence-corrected chi connectivity index (χ3v) is 6.86. The minimum absolute atomic E-state index is 0.0136. The van der Waals surface area contributed by atoms with Gasteiger partial charge in [0.25, 0.3) is 0 Å². The van der Waals surface area contributed by atoms with Crippen molar-refractivity contribution >= 4 is 41.1 Å². The van der Waals surface area contributed by atoms with E-state index in [-0.39, 0.29) is 43.2 Å². The van der Waals surface area contributed by atoms with Gasteiger partial charge in [-0.15, -0.1) is 0 Å². The van der Waals surface area contributed by atoms with Gasteiger partial charge in [0, 0.05) is 29.7 Å². The molecule has 4 rings (SSSR count). The van der Waals surface area contributed by atoms with Crippen molar-refractivity contribution in [2.45, 2.75) is 45.0 Å². The first kappa shape index (κ1) is 31.5. The molecule has 1 aliphatic heterocycles. The van der Waals surface area contributed by atoms with Gasteiger partial charge in [0.05, 0.1) is 24.6 Å². The van der Waals surface area contributed by atoms with Crippen LogP contribution >= 0.6 is 23.2 Å². The zero-order valence-electron chi connectivity index (χ0n) is 23.2. The first-order valence-electron chi connectivity index (χ1n) is 13.2. The van der Waals surface area contributed by atoms with E-state index in [2.05, 4.69) is 4.98 Å². The maximum atomic E-state index is 13.0. The highest BCUT2D eigenvalue weighted by atomic mass is 35.5. The van der Waals surface area contributed by atoms with Gasteiger partial charge in [0.15, 0.2) is 5.69 Å². The van der Waals surface area contributed by atoms with Gasteiger partial charge in [-0.25, -0.2) is 19.4 Å². The molecule has 0 aliphatic carbocycles. The fraction of sp³-hybridized carbons (Fsp3) is 0.379. The number of nitrogens with zero attached hydrogens (tertiary/aromatic N) is 2. The molecule has 0 amide bonds. The van der Waals surface area contributed by atoms with Crippen molar-refractivity contribution in [1.29, 1.82) is 0 Å². The highest BCUT2D eigenvalue weighted by molar-refractivity contribution is 6.31. The van der Waals surface area contributed by atoms with Crippen molar-refractivity contribution in [3.63, 3.8) is 0 Å². The first-order chi connectivity index (χ1) is 20.2. The molecule has 0 spiro atoms. The van der Waals surface area contributed by atoms with Crippen LogP contribution in [0.3, 0.4) is 0 Å². The summed E-state index contributed by atoms with van der Waals surface area (Å²) in [6.45, 7) is 3.91. The number of aromatic nitrogens is 2. The highest BCUT2D eigenvalue weighted by Crippen LogP contribution is 2.36. The van der Waals surface area contributed by atoms with Gasteiger partial charge in [-0.1, -0.05) is 23.2 Å². The molecular formula is C29H30Cl2N2O9. The Morgan fingerprint density at radius 3 is 2.05 bits per heavy atom. The molecule has 2 heterocycles. The van der Waals surface area contributed by atoms with Crippen molar-refractivity contribution in [3.05, 3.63) is 87.4 Å². The molecule has 2 aromatic carbocycles. The van der Waals surface area contributed by atoms with Crippen molar-refractivity contribution < 1.29 is 42.8 Å². The Labute approximate surface area is 252 Å². The predicted octanol–water partition coefficient (Wildman–Crippen LogP) is 5.42. The Morgan fingerprint density at radius 2 is 1.50 bits per heavy atom. The van der Waals surface area contributed by atoms with Gasteiger partial charge < -0.3 is 33.0 Å². The topological polar surface area (TPSA) is 124 Å². The average Bonchev–Trinajstić information content (AvgIpc) is 3.60. The van der Waals surface area contributed by atoms with Gasteiger partial charge >= 0.3 is 17.9 Å². The van der Waals surface area contributed by atoms with Crippen molar-refractivity contribution in [2.24, 2.45) is 0 Å². The molecule has 0 bridgehead atoms. The van der Waals surface area contributed by atoms with Crippen LogP contribution in [-0.2, 0) is 28.4 Å². The van der Waals surface area contributed by atoms with E-state index in [1.54, 1.807) is 54.8 Å². The molecule has 0 saturated carbocycles. The number of hydrogen-bond donors (Lipinski definition) is 0. The maximum Gasteiger partial charge on any atom is 0.358 e. The molecule has 0 N–H and O–H groups in total. The second kappa shape index (κ2) is 14.6. The highest BCUT2D eigenvalue weighted by Gasteiger charge is 2.42. The number of ether oxygens (including phenoxy) is 6. The minimum Gasteiger partial charge on any atom is -0.464 e. The number of rotatable bonds is 12. The summed E-state index contributed by atoms with van der Waals surface area (Å²) in [5, 5.41) is 0.942. The Balaban J connectivity index is 1.61. The van der Waals surface area contributed by atoms with Crippen LogP contribution in [0.4, 0.5) is 0 Å². The molecule has 3 aromatic rings. The summed E-state index contributed by atoms with van der Waals surface area (Å²) in [4.78, 5) is 42.5. The summed E-state index contributed by atoms with van der Waals surface area (Å²) < 4.78 is 35.6. The lowest BCUT2D eigenvalue weighted by atomic mass is 10.1. The Hall–Kier alpha value is -3.48. The monoisotopic (exact) mass is 620 g/mol. The lowest BCUT2D eigenvalue weighted by Gasteiger charge is -2.23. The molecule has 0 radical (unpaired) electrons. The normalized spacial score (nSPS) is 18.2. The fourth-order valence-corrected chi connectivity index (χ4v) is 4.61. The van der Waals surface area contributed by atoms with E-state index in [1.165, 1.54) is 25.6 Å². The molecule has 1 saturated heterocycles. The molecule has 3 atom stereocenters. The van der Waals surface area contributed by atoms with Gasteiger partial charge in [0.1, 0.15) is 30.7 Å². The van der Waals surface area contributed by atoms with Crippen molar-refractivity contribution in [3.8, 4) is 0 Å². The Morgan fingerprint density at radius 1 is 0.929 bits per heavy atom. The van der Waals surface area contributed by atoms with Gasteiger partial charge in [-0.2, -0.15) is 0 Å². The molecule has 1 aromatic heterocycles. The summed E-state index contributed by atoms with van der Waals surface area (Å²) in [5.41, 5.74) is 0.834. The van der Waals surface area contributed by atoms with Gasteiger partial charge in [0.2, 0.25) is 6.29 Å². The van der Waals surface area contributed by atoms with Crippen LogP contribution in [0.2, 0.25) is 10.0 Å². The van der Waals surface area contributed by atoms with E-state index >= 15 is 0 Å². The van der Waals surface area contributed by atoms with Crippen LogP contribution in [-0.4, -0.2) is 66.6 Å². The molecule has 42 heavy (non-hydrogen) atoms. The SMILES string of the molecule is CCOC(OCC)c1c(C(=O)OC)ncn1C1CC(OC(=O)c2ccc(Cl)cc2)C(COC(=O)c2ccc(Cl)cc2)O1. The average molecular weight is 621 g/mol. The molecule has 224 valence electrons. The standard InChI is InChI=1S/C29H30Cl2N2O9/c1-4-38-29(39-5-2)25-24(28(36)37-3)32-16-33(25)23-14-21(42-27(35)18-8-12-20(31)13-9-18)22(41-23)15-40-26(34)17-6-10-19(30)11-7-17/h6-13,16,21-23,29H,4-5,14-15H2,1-3H3. The van der Waals surface area contributed by atoms with E-state index < -0.39 is 42.6 Å². The first-order valence-corrected chi connectivity index (χ1v) is 13.9. The van der Waals surface area contributed by atoms with E-state index in [0.717, 1.165) is 0 Å². The van der Waals surface area contributed by atoms with Crippen molar-refractivity contribution in [2.75, 3.05) is 26.9 Å². The molecule has 3 unspecified atom stereocenters. The molecule has 1 aliphatic rings. The quantitative estimate of drug-likeness (QED) is 0.147. The molecule has 1 fully saturated rings. The zero-order valence-corrected chi connectivity index (χ0v) is 24.7. The summed E-state index contributed by atoms with van der Waals surface area (Å²) in [5.74, 6) is -1.91. The fourth-order valence-electron chi connectivity index (χ4n) is 4.36. The number of benzene rings is 2. The van der Waals surface area contributed by atoms with Crippen LogP contribution in [0.15, 0.2) is 54.9 Å². The predicted molar refractivity (Wildman–Crippen MR) is 150 cm³/mol. The molecule has 11 nitrogen and oxygen atoms in total. The second-order valence-electron chi connectivity index (χ2n) is 9.04. The van der Waals surface area contributed by atoms with E-state index in [4.69, 9.17) is 51.6 Å². The lowest BCUT2D eigenvalue weighted by Crippen LogP contribution is -2.32. The number of esters is 3. The summed E-state index contributed by atoms with van der Waals surface area (Å²) in [6, 6.07) is 12.4. The summed E-state index contributed by atoms with van der Waals surface area (Å²) >= 11 is 11.9. The lowest BCUT2D eigenvalue weighted by molar-refractivity contribution is -0.148.